The van der Waals surface area contributed by atoms with E-state index in [1.807, 2.05) is 18.2 Å². The zero-order chi connectivity index (χ0) is 22.6. The Morgan fingerprint density at radius 1 is 1.20 bits per heavy atom. The summed E-state index contributed by atoms with van der Waals surface area (Å²) in [6, 6.07) is 10.3. The molecule has 30 heavy (non-hydrogen) atoms. The summed E-state index contributed by atoms with van der Waals surface area (Å²) < 4.78 is 6.48. The quantitative estimate of drug-likeness (QED) is 0.518. The summed E-state index contributed by atoms with van der Waals surface area (Å²) in [5.41, 5.74) is 0.850. The fourth-order valence-electron chi connectivity index (χ4n) is 4.13. The minimum atomic E-state index is -1.87. The van der Waals surface area contributed by atoms with Crippen LogP contribution in [0.15, 0.2) is 30.3 Å². The number of aliphatic hydroxyl groups excluding tert-OH is 2. The SMILES string of the molecule is CC(C)CC1(CC(O)CO)CC(CO[Si](C)(C)C(C)(C)C)ON1Cc1ccccc1. The summed E-state index contributed by atoms with van der Waals surface area (Å²) >= 11 is 0. The summed E-state index contributed by atoms with van der Waals surface area (Å²) in [6.45, 7) is 16.7. The molecule has 0 amide bonds. The maximum atomic E-state index is 10.4. The molecular weight excluding hydrogens is 394 g/mol. The molecule has 0 saturated carbocycles. The second-order valence-electron chi connectivity index (χ2n) is 10.9. The highest BCUT2D eigenvalue weighted by Gasteiger charge is 2.49. The van der Waals surface area contributed by atoms with Crippen molar-refractivity contribution in [3.63, 3.8) is 0 Å². The molecule has 1 saturated heterocycles. The highest BCUT2D eigenvalue weighted by atomic mass is 28.4. The molecule has 3 unspecified atom stereocenters. The van der Waals surface area contributed by atoms with Gasteiger partial charge in [0.2, 0.25) is 0 Å². The standard InChI is InChI=1S/C24H43NO4Si/c1-19(2)13-24(14-21(27)17-26)15-22(18-28-30(6,7)23(3,4)5)29-25(24)16-20-11-9-8-10-12-20/h8-12,19,21-22,26-27H,13-18H2,1-7H3. The third kappa shape index (κ3) is 6.62. The average Bonchev–Trinajstić information content (AvgIpc) is 2.96. The van der Waals surface area contributed by atoms with Gasteiger partial charge in [-0.05, 0) is 48.9 Å². The van der Waals surface area contributed by atoms with Crippen molar-refractivity contribution in [2.75, 3.05) is 13.2 Å². The van der Waals surface area contributed by atoms with E-state index < -0.39 is 14.4 Å². The molecule has 0 spiro atoms. The van der Waals surface area contributed by atoms with Crippen LogP contribution in [0, 0.1) is 5.92 Å². The van der Waals surface area contributed by atoms with Gasteiger partial charge in [0.05, 0.1) is 24.9 Å². The fourth-order valence-corrected chi connectivity index (χ4v) is 5.17. The molecule has 1 heterocycles. The first-order valence-corrected chi connectivity index (χ1v) is 14.2. The van der Waals surface area contributed by atoms with Gasteiger partial charge >= 0.3 is 0 Å². The van der Waals surface area contributed by atoms with E-state index in [1.165, 1.54) is 5.56 Å². The van der Waals surface area contributed by atoms with Gasteiger partial charge in [0.1, 0.15) is 6.10 Å². The molecular formula is C24H43NO4Si. The molecule has 2 rings (SSSR count). The van der Waals surface area contributed by atoms with Crippen LogP contribution >= 0.6 is 0 Å². The van der Waals surface area contributed by atoms with E-state index >= 15 is 0 Å². The lowest BCUT2D eigenvalue weighted by Gasteiger charge is -2.39. The van der Waals surface area contributed by atoms with Gasteiger partial charge < -0.3 is 14.6 Å². The summed E-state index contributed by atoms with van der Waals surface area (Å²) in [5, 5.41) is 22.2. The Labute approximate surface area is 184 Å². The molecule has 1 aromatic carbocycles. The Bertz CT molecular complexity index is 646. The van der Waals surface area contributed by atoms with Crippen LogP contribution in [-0.2, 0) is 15.8 Å². The van der Waals surface area contributed by atoms with Crippen LogP contribution in [0.3, 0.4) is 0 Å². The van der Waals surface area contributed by atoms with Gasteiger partial charge in [-0.15, -0.1) is 0 Å². The molecule has 3 atom stereocenters. The smallest absolute Gasteiger partial charge is 0.192 e. The minimum Gasteiger partial charge on any atom is -0.414 e. The van der Waals surface area contributed by atoms with Gasteiger partial charge in [0.25, 0.3) is 0 Å². The largest absolute Gasteiger partial charge is 0.414 e. The van der Waals surface area contributed by atoms with Crippen LogP contribution < -0.4 is 0 Å². The Kier molecular flexibility index (Phi) is 8.70. The molecule has 0 radical (unpaired) electrons. The predicted molar refractivity (Wildman–Crippen MR) is 125 cm³/mol. The zero-order valence-corrected chi connectivity index (χ0v) is 21.0. The average molecular weight is 438 g/mol. The lowest BCUT2D eigenvalue weighted by Crippen LogP contribution is -2.46. The number of nitrogens with zero attached hydrogens (tertiary/aromatic N) is 1. The Morgan fingerprint density at radius 3 is 2.37 bits per heavy atom. The summed E-state index contributed by atoms with van der Waals surface area (Å²) in [6.07, 6.45) is 1.38. The maximum absolute atomic E-state index is 10.4. The van der Waals surface area contributed by atoms with Crippen molar-refractivity contribution in [3.05, 3.63) is 35.9 Å². The molecule has 0 aromatic heterocycles. The van der Waals surface area contributed by atoms with Crippen molar-refractivity contribution in [2.45, 2.75) is 96.3 Å². The molecule has 0 aliphatic carbocycles. The van der Waals surface area contributed by atoms with Crippen LogP contribution in [0.5, 0.6) is 0 Å². The molecule has 1 aliphatic rings. The molecule has 2 N–H and O–H groups in total. The first-order valence-electron chi connectivity index (χ1n) is 11.3. The van der Waals surface area contributed by atoms with E-state index in [0.29, 0.717) is 25.5 Å². The highest BCUT2D eigenvalue weighted by molar-refractivity contribution is 6.74. The molecule has 5 nitrogen and oxygen atoms in total. The van der Waals surface area contributed by atoms with Gasteiger partial charge in [-0.3, -0.25) is 4.84 Å². The molecule has 0 bridgehead atoms. The number of hydrogen-bond donors (Lipinski definition) is 2. The normalized spacial score (nSPS) is 24.5. The highest BCUT2D eigenvalue weighted by Crippen LogP contribution is 2.43. The van der Waals surface area contributed by atoms with Gasteiger partial charge in [0.15, 0.2) is 8.32 Å². The number of rotatable bonds is 10. The third-order valence-electron chi connectivity index (χ3n) is 6.63. The molecule has 1 fully saturated rings. The van der Waals surface area contributed by atoms with Crippen molar-refractivity contribution < 1.29 is 19.5 Å². The second-order valence-corrected chi connectivity index (χ2v) is 15.7. The van der Waals surface area contributed by atoms with E-state index in [1.54, 1.807) is 0 Å². The van der Waals surface area contributed by atoms with E-state index in [-0.39, 0.29) is 23.3 Å². The first kappa shape index (κ1) is 25.5. The first-order chi connectivity index (χ1) is 13.9. The monoisotopic (exact) mass is 437 g/mol. The van der Waals surface area contributed by atoms with E-state index in [2.05, 4.69) is 64.9 Å². The van der Waals surface area contributed by atoms with Crippen molar-refractivity contribution in [1.29, 1.82) is 0 Å². The Balaban J connectivity index is 2.25. The number of aliphatic hydroxyl groups is 2. The van der Waals surface area contributed by atoms with Crippen molar-refractivity contribution in [3.8, 4) is 0 Å². The number of hydroxylamine groups is 2. The summed E-state index contributed by atoms with van der Waals surface area (Å²) in [5.74, 6) is 0.442. The lowest BCUT2D eigenvalue weighted by molar-refractivity contribution is -0.209. The van der Waals surface area contributed by atoms with Crippen LogP contribution in [0.2, 0.25) is 18.1 Å². The number of benzene rings is 1. The van der Waals surface area contributed by atoms with Gasteiger partial charge in [0, 0.05) is 6.54 Å². The van der Waals surface area contributed by atoms with Gasteiger partial charge in [-0.2, -0.15) is 5.06 Å². The molecule has 1 aromatic rings. The molecule has 1 aliphatic heterocycles. The Morgan fingerprint density at radius 2 is 1.83 bits per heavy atom. The second kappa shape index (κ2) is 10.2. The van der Waals surface area contributed by atoms with Crippen molar-refractivity contribution >= 4 is 8.32 Å². The number of hydrogen-bond acceptors (Lipinski definition) is 5. The molecule has 6 heteroatoms. The topological polar surface area (TPSA) is 62.2 Å². The minimum absolute atomic E-state index is 0.0486. The van der Waals surface area contributed by atoms with Crippen molar-refractivity contribution in [1.82, 2.24) is 5.06 Å². The van der Waals surface area contributed by atoms with Gasteiger partial charge in [-0.25, -0.2) is 0 Å². The van der Waals surface area contributed by atoms with Gasteiger partial charge in [-0.1, -0.05) is 65.0 Å². The third-order valence-corrected chi connectivity index (χ3v) is 11.1. The van der Waals surface area contributed by atoms with Crippen LogP contribution in [0.1, 0.15) is 59.4 Å². The van der Waals surface area contributed by atoms with E-state index in [9.17, 15) is 10.2 Å². The summed E-state index contributed by atoms with van der Waals surface area (Å²) in [7, 11) is -1.87. The van der Waals surface area contributed by atoms with Crippen LogP contribution in [0.25, 0.3) is 0 Å². The zero-order valence-electron chi connectivity index (χ0n) is 20.0. The van der Waals surface area contributed by atoms with Crippen molar-refractivity contribution in [2.24, 2.45) is 5.92 Å². The lowest BCUT2D eigenvalue weighted by atomic mass is 9.80. The van der Waals surface area contributed by atoms with Crippen LogP contribution in [0.4, 0.5) is 0 Å². The molecule has 172 valence electrons. The van der Waals surface area contributed by atoms with E-state index in [4.69, 9.17) is 9.26 Å². The maximum Gasteiger partial charge on any atom is 0.192 e. The Hall–Kier alpha value is -0.763. The summed E-state index contributed by atoms with van der Waals surface area (Å²) in [4.78, 5) is 6.47. The van der Waals surface area contributed by atoms with E-state index in [0.717, 1.165) is 12.8 Å². The predicted octanol–water partition coefficient (Wildman–Crippen LogP) is 4.74. The van der Waals surface area contributed by atoms with Crippen LogP contribution in [-0.4, -0.2) is 54.6 Å². The fraction of sp³-hybridized carbons (Fsp3) is 0.750.